The van der Waals surface area contributed by atoms with Crippen LogP contribution in [0.4, 0.5) is 0 Å². The van der Waals surface area contributed by atoms with Gasteiger partial charge in [0.1, 0.15) is 0 Å². The van der Waals surface area contributed by atoms with Crippen molar-refractivity contribution in [1.82, 2.24) is 0 Å². The highest BCUT2D eigenvalue weighted by atomic mass is 16.5. The highest BCUT2D eigenvalue weighted by Gasteiger charge is 2.20. The quantitative estimate of drug-likeness (QED) is 0.643. The lowest BCUT2D eigenvalue weighted by molar-refractivity contribution is 0.0191. The lowest BCUT2D eigenvalue weighted by atomic mass is 10.0. The molecule has 3 heteroatoms. The van der Waals surface area contributed by atoms with Crippen molar-refractivity contribution in [2.75, 3.05) is 20.8 Å². The lowest BCUT2D eigenvalue weighted by Crippen LogP contribution is -2.42. The van der Waals surface area contributed by atoms with E-state index in [4.69, 9.17) is 15.2 Å². The molecule has 0 aliphatic heterocycles. The normalized spacial score (nSPS) is 16.9. The maximum atomic E-state index is 5.79. The van der Waals surface area contributed by atoms with Crippen LogP contribution in [0.5, 0.6) is 0 Å². The number of methoxy groups -OCH3 is 2. The third-order valence-electron chi connectivity index (χ3n) is 1.71. The van der Waals surface area contributed by atoms with Crippen molar-refractivity contribution in [3.8, 4) is 0 Å². The van der Waals surface area contributed by atoms with Crippen molar-refractivity contribution in [1.29, 1.82) is 0 Å². The van der Waals surface area contributed by atoms with E-state index in [0.717, 1.165) is 0 Å². The maximum absolute atomic E-state index is 5.79. The van der Waals surface area contributed by atoms with E-state index in [0.29, 0.717) is 12.5 Å². The number of hydrogen-bond donors (Lipinski definition) is 1. The Morgan fingerprint density at radius 3 is 2.09 bits per heavy atom. The predicted molar refractivity (Wildman–Crippen MR) is 45.5 cm³/mol. The standard InChI is InChI=1S/C8H19NO2/c1-6(2)8(11-4)7(9)5-10-3/h6-8H,5,9H2,1-4H3. The van der Waals surface area contributed by atoms with Gasteiger partial charge in [0.05, 0.1) is 18.8 Å². The first-order valence-corrected chi connectivity index (χ1v) is 3.90. The third kappa shape index (κ3) is 3.70. The van der Waals surface area contributed by atoms with Crippen molar-refractivity contribution < 1.29 is 9.47 Å². The predicted octanol–water partition coefficient (Wildman–Crippen LogP) is 0.631. The van der Waals surface area contributed by atoms with Crippen LogP contribution in [-0.2, 0) is 9.47 Å². The Hall–Kier alpha value is -0.120. The van der Waals surface area contributed by atoms with Gasteiger partial charge in [-0.2, -0.15) is 0 Å². The Bertz CT molecular complexity index is 96.1. The minimum absolute atomic E-state index is 0.0231. The lowest BCUT2D eigenvalue weighted by Gasteiger charge is -2.25. The van der Waals surface area contributed by atoms with E-state index in [-0.39, 0.29) is 12.1 Å². The molecule has 0 fully saturated rings. The summed E-state index contributed by atoms with van der Waals surface area (Å²) in [6.45, 7) is 4.73. The van der Waals surface area contributed by atoms with Gasteiger partial charge in [-0.25, -0.2) is 0 Å². The van der Waals surface area contributed by atoms with E-state index in [1.165, 1.54) is 0 Å². The minimum Gasteiger partial charge on any atom is -0.383 e. The van der Waals surface area contributed by atoms with Gasteiger partial charge < -0.3 is 15.2 Å². The van der Waals surface area contributed by atoms with Crippen LogP contribution in [0.15, 0.2) is 0 Å². The van der Waals surface area contributed by atoms with Gasteiger partial charge in [0.25, 0.3) is 0 Å². The van der Waals surface area contributed by atoms with Crippen LogP contribution in [0.2, 0.25) is 0 Å². The summed E-state index contributed by atoms with van der Waals surface area (Å²) in [6.07, 6.45) is 0.0925. The molecule has 0 aromatic rings. The second-order valence-corrected chi connectivity index (χ2v) is 3.06. The zero-order chi connectivity index (χ0) is 8.85. The van der Waals surface area contributed by atoms with Gasteiger partial charge in [0, 0.05) is 14.2 Å². The summed E-state index contributed by atoms with van der Waals surface area (Å²) in [5.41, 5.74) is 5.79. The van der Waals surface area contributed by atoms with Crippen molar-refractivity contribution >= 4 is 0 Å². The average molecular weight is 161 g/mol. The van der Waals surface area contributed by atoms with E-state index >= 15 is 0 Å². The third-order valence-corrected chi connectivity index (χ3v) is 1.71. The van der Waals surface area contributed by atoms with Gasteiger partial charge in [0.2, 0.25) is 0 Å². The monoisotopic (exact) mass is 161 g/mol. The first-order chi connectivity index (χ1) is 5.13. The van der Waals surface area contributed by atoms with Crippen molar-refractivity contribution in [2.45, 2.75) is 26.0 Å². The number of rotatable bonds is 5. The molecule has 2 atom stereocenters. The SMILES string of the molecule is COCC(N)C(OC)C(C)C. The summed E-state index contributed by atoms with van der Waals surface area (Å²) in [5.74, 6) is 0.435. The maximum Gasteiger partial charge on any atom is 0.0767 e. The molecule has 2 unspecified atom stereocenters. The first kappa shape index (κ1) is 10.9. The van der Waals surface area contributed by atoms with Gasteiger partial charge in [-0.05, 0) is 5.92 Å². The topological polar surface area (TPSA) is 44.5 Å². The Kier molecular flexibility index (Phi) is 5.46. The van der Waals surface area contributed by atoms with Crippen LogP contribution >= 0.6 is 0 Å². The highest BCUT2D eigenvalue weighted by Crippen LogP contribution is 2.08. The van der Waals surface area contributed by atoms with E-state index in [9.17, 15) is 0 Å². The molecule has 0 bridgehead atoms. The molecule has 68 valence electrons. The van der Waals surface area contributed by atoms with Crippen LogP contribution in [0.1, 0.15) is 13.8 Å². The van der Waals surface area contributed by atoms with Crippen LogP contribution in [0.3, 0.4) is 0 Å². The summed E-state index contributed by atoms with van der Waals surface area (Å²) in [5, 5.41) is 0. The Morgan fingerprint density at radius 2 is 1.82 bits per heavy atom. The van der Waals surface area contributed by atoms with Crippen molar-refractivity contribution in [2.24, 2.45) is 11.7 Å². The molecule has 0 heterocycles. The van der Waals surface area contributed by atoms with Crippen LogP contribution in [-0.4, -0.2) is 33.0 Å². The Morgan fingerprint density at radius 1 is 1.27 bits per heavy atom. The van der Waals surface area contributed by atoms with E-state index in [1.807, 2.05) is 0 Å². The second-order valence-electron chi connectivity index (χ2n) is 3.06. The fourth-order valence-corrected chi connectivity index (χ4v) is 1.23. The molecular formula is C8H19NO2. The van der Waals surface area contributed by atoms with Crippen LogP contribution < -0.4 is 5.73 Å². The highest BCUT2D eigenvalue weighted by molar-refractivity contribution is 4.75. The molecule has 11 heavy (non-hydrogen) atoms. The van der Waals surface area contributed by atoms with E-state index < -0.39 is 0 Å². The van der Waals surface area contributed by atoms with Gasteiger partial charge in [-0.1, -0.05) is 13.8 Å². The Labute approximate surface area is 68.9 Å². The summed E-state index contributed by atoms with van der Waals surface area (Å²) in [6, 6.07) is -0.0231. The molecule has 0 aliphatic carbocycles. The van der Waals surface area contributed by atoms with Crippen molar-refractivity contribution in [3.63, 3.8) is 0 Å². The molecular weight excluding hydrogens is 142 g/mol. The molecule has 0 spiro atoms. The molecule has 0 saturated heterocycles. The summed E-state index contributed by atoms with van der Waals surface area (Å²) in [4.78, 5) is 0. The molecule has 2 N–H and O–H groups in total. The largest absolute Gasteiger partial charge is 0.383 e. The van der Waals surface area contributed by atoms with Gasteiger partial charge in [-0.3, -0.25) is 0 Å². The molecule has 0 rings (SSSR count). The number of hydrogen-bond acceptors (Lipinski definition) is 3. The fourth-order valence-electron chi connectivity index (χ4n) is 1.23. The van der Waals surface area contributed by atoms with Gasteiger partial charge in [-0.15, -0.1) is 0 Å². The summed E-state index contributed by atoms with van der Waals surface area (Å²) < 4.78 is 10.2. The summed E-state index contributed by atoms with van der Waals surface area (Å²) >= 11 is 0. The zero-order valence-corrected chi connectivity index (χ0v) is 7.83. The van der Waals surface area contributed by atoms with Crippen LogP contribution in [0, 0.1) is 5.92 Å². The molecule has 3 nitrogen and oxygen atoms in total. The van der Waals surface area contributed by atoms with E-state index in [1.54, 1.807) is 14.2 Å². The molecule has 0 aliphatic rings. The average Bonchev–Trinajstić information content (AvgIpc) is 1.88. The molecule has 0 saturated carbocycles. The molecule has 0 radical (unpaired) electrons. The zero-order valence-electron chi connectivity index (χ0n) is 7.83. The number of ether oxygens (including phenoxy) is 2. The Balaban J connectivity index is 3.81. The fraction of sp³-hybridized carbons (Fsp3) is 1.00. The molecule has 0 aromatic heterocycles. The van der Waals surface area contributed by atoms with Gasteiger partial charge in [0.15, 0.2) is 0 Å². The molecule has 0 amide bonds. The molecule has 0 aromatic carbocycles. The first-order valence-electron chi connectivity index (χ1n) is 3.90. The minimum atomic E-state index is -0.0231. The number of nitrogens with two attached hydrogens (primary N) is 1. The second kappa shape index (κ2) is 5.52. The summed E-state index contributed by atoms with van der Waals surface area (Å²) in [7, 11) is 3.33. The van der Waals surface area contributed by atoms with Gasteiger partial charge >= 0.3 is 0 Å². The van der Waals surface area contributed by atoms with E-state index in [2.05, 4.69) is 13.8 Å². The van der Waals surface area contributed by atoms with Crippen LogP contribution in [0.25, 0.3) is 0 Å². The smallest absolute Gasteiger partial charge is 0.0767 e. The van der Waals surface area contributed by atoms with Crippen molar-refractivity contribution in [3.05, 3.63) is 0 Å².